The van der Waals surface area contributed by atoms with E-state index < -0.39 is 6.85 Å². The van der Waals surface area contributed by atoms with Gasteiger partial charge in [0.25, 0.3) is 0 Å². The Hall–Kier alpha value is 0. The lowest BCUT2D eigenvalue weighted by molar-refractivity contribution is 0.563. The average molecular weight is 434 g/mol. The van der Waals surface area contributed by atoms with Crippen LogP contribution >= 0.6 is 0 Å². The maximum Gasteiger partial charge on any atom is 0.0233 e. The van der Waals surface area contributed by atoms with E-state index in [4.69, 9.17) is 4.11 Å². The van der Waals surface area contributed by atoms with E-state index in [2.05, 4.69) is 96.9 Å². The van der Waals surface area contributed by atoms with Crippen molar-refractivity contribution in [2.75, 3.05) is 0 Å². The van der Waals surface area contributed by atoms with Crippen molar-refractivity contribution in [2.45, 2.75) is 156 Å². The van der Waals surface area contributed by atoms with Crippen LogP contribution in [0.2, 0.25) is 0 Å². The molecule has 0 spiro atoms. The van der Waals surface area contributed by atoms with Gasteiger partial charge in [-0.25, -0.2) is 0 Å². The van der Waals surface area contributed by atoms with E-state index >= 15 is 0 Å². The van der Waals surface area contributed by atoms with Gasteiger partial charge in [-0.3, -0.25) is 0 Å². The Balaban J connectivity index is -0.0000000959. The molecule has 0 amide bonds. The van der Waals surface area contributed by atoms with E-state index in [1.165, 1.54) is 38.5 Å². The Bertz CT molecular complexity index is 311. The summed E-state index contributed by atoms with van der Waals surface area (Å²) >= 11 is 0. The summed E-state index contributed by atoms with van der Waals surface area (Å²) in [5.74, 6) is 5.36. The van der Waals surface area contributed by atoms with Crippen LogP contribution in [0.1, 0.15) is 160 Å². The van der Waals surface area contributed by atoms with Gasteiger partial charge < -0.3 is 0 Å². The molecule has 0 aliphatic heterocycles. The Morgan fingerprint density at radius 1 is 0.600 bits per heavy atom. The predicted octanol–water partition coefficient (Wildman–Crippen LogP) is 11.9. The molecule has 0 saturated heterocycles. The number of hydrogen-bond donors (Lipinski definition) is 0. The van der Waals surface area contributed by atoms with Crippen LogP contribution in [0, 0.1) is 41.4 Å². The quantitative estimate of drug-likeness (QED) is 0.404. The molecule has 0 N–H and O–H groups in total. The van der Waals surface area contributed by atoms with E-state index in [0.717, 1.165) is 35.5 Å². The predicted molar refractivity (Wildman–Crippen MR) is 149 cm³/mol. The molecule has 0 heteroatoms. The van der Waals surface area contributed by atoms with Crippen molar-refractivity contribution in [3.63, 3.8) is 0 Å². The molecule has 0 aromatic rings. The minimum atomic E-state index is -1.75. The van der Waals surface area contributed by atoms with E-state index in [9.17, 15) is 0 Å². The van der Waals surface area contributed by atoms with E-state index in [1.54, 1.807) is 13.8 Å². The molecule has 0 aromatic carbocycles. The van der Waals surface area contributed by atoms with Gasteiger partial charge in [0.2, 0.25) is 0 Å². The number of hydrogen-bond acceptors (Lipinski definition) is 0. The fraction of sp³-hybridized carbons (Fsp3) is 1.00. The van der Waals surface area contributed by atoms with Crippen molar-refractivity contribution in [3.8, 4) is 0 Å². The lowest BCUT2D eigenvalue weighted by Gasteiger charge is -1.95. The summed E-state index contributed by atoms with van der Waals surface area (Å²) in [7, 11) is 0. The molecule has 1 rings (SSSR count). The summed E-state index contributed by atoms with van der Waals surface area (Å²) < 4.78 is 20.2. The molecule has 0 radical (unpaired) electrons. The van der Waals surface area contributed by atoms with Gasteiger partial charge in [0.1, 0.15) is 0 Å². The first-order valence-electron chi connectivity index (χ1n) is 14.8. The molecule has 0 nitrogen and oxygen atoms in total. The molecule has 1 aliphatic rings. The van der Waals surface area contributed by atoms with Gasteiger partial charge in [0.15, 0.2) is 0 Å². The minimum absolute atomic E-state index is 0.201. The Labute approximate surface area is 202 Å². The zero-order valence-corrected chi connectivity index (χ0v) is 24.8. The van der Waals surface area contributed by atoms with Crippen LogP contribution in [0.25, 0.3) is 0 Å². The summed E-state index contributed by atoms with van der Waals surface area (Å²) in [5.41, 5.74) is 0. The monoisotopic (exact) mass is 434 g/mol. The van der Waals surface area contributed by atoms with Crippen LogP contribution in [0.3, 0.4) is 0 Å². The van der Waals surface area contributed by atoms with Crippen LogP contribution < -0.4 is 0 Å². The standard InChI is InChI=1S/C6H12.C6H14.2C5H12.2C4H10/c1-5(2)6-3-4-6;1-4-5-6(2)3;2*1-4-5(2)3;2*1-4(2)3/h5-6H,3-4H2,1-2H3;6H,4-5H2,1-3H3;2*5H,4H2,1-3H3;2*4H,1-3H3/i;;;;1D3;. The highest BCUT2D eigenvalue weighted by atomic mass is 14.3. The van der Waals surface area contributed by atoms with Crippen LogP contribution in [0.4, 0.5) is 0 Å². The summed E-state index contributed by atoms with van der Waals surface area (Å²) in [4.78, 5) is 0. The largest absolute Gasteiger partial charge is 0.0654 e. The topological polar surface area (TPSA) is 0 Å². The van der Waals surface area contributed by atoms with Crippen molar-refractivity contribution < 1.29 is 4.11 Å². The van der Waals surface area contributed by atoms with Gasteiger partial charge in [-0.1, -0.05) is 143 Å². The number of rotatable bonds is 5. The van der Waals surface area contributed by atoms with Crippen LogP contribution in [-0.4, -0.2) is 0 Å². The Morgan fingerprint density at radius 3 is 0.867 bits per heavy atom. The fourth-order valence-electron chi connectivity index (χ4n) is 1.34. The second-order valence-electron chi connectivity index (χ2n) is 11.3. The molecule has 190 valence electrons. The lowest BCUT2D eigenvalue weighted by atomic mass is 10.1. The summed E-state index contributed by atoms with van der Waals surface area (Å²) in [6.45, 7) is 32.7. The highest BCUT2D eigenvalue weighted by Crippen LogP contribution is 2.35. The molecule has 0 bridgehead atoms. The SMILES string of the molecule is CC(C)C.CC(C)C1CC1.CCC(C)C.CCC(C)C.CCCC(C)C.[2H]C([2H])([2H])C(C)C. The molecule has 0 atom stereocenters. The zero-order valence-electron chi connectivity index (χ0n) is 27.8. The van der Waals surface area contributed by atoms with Gasteiger partial charge >= 0.3 is 0 Å². The fourth-order valence-corrected chi connectivity index (χ4v) is 1.34. The molecule has 0 unspecified atom stereocenters. The maximum atomic E-state index is 6.72. The first kappa shape index (κ1) is 32.2. The zero-order chi connectivity index (χ0) is 27.8. The van der Waals surface area contributed by atoms with E-state index in [-0.39, 0.29) is 5.92 Å². The van der Waals surface area contributed by atoms with Crippen molar-refractivity contribution in [1.82, 2.24) is 0 Å². The third kappa shape index (κ3) is 104. The normalized spacial score (nSPS) is 14.0. The van der Waals surface area contributed by atoms with Gasteiger partial charge in [-0.2, -0.15) is 0 Å². The lowest BCUT2D eigenvalue weighted by Crippen LogP contribution is -1.85. The smallest absolute Gasteiger partial charge is 0.0233 e. The molecule has 1 fully saturated rings. The van der Waals surface area contributed by atoms with Crippen molar-refractivity contribution in [1.29, 1.82) is 0 Å². The second-order valence-corrected chi connectivity index (χ2v) is 11.3. The van der Waals surface area contributed by atoms with Gasteiger partial charge in [0.05, 0.1) is 0 Å². The average Bonchev–Trinajstić information content (AvgIpc) is 3.47. The summed E-state index contributed by atoms with van der Waals surface area (Å²) in [6, 6.07) is 0. The first-order chi connectivity index (χ1) is 14.8. The van der Waals surface area contributed by atoms with E-state index in [0.29, 0.717) is 0 Å². The second kappa shape index (κ2) is 31.2. The van der Waals surface area contributed by atoms with Gasteiger partial charge in [0, 0.05) is 4.11 Å². The molecule has 30 heavy (non-hydrogen) atoms. The third-order valence-corrected chi connectivity index (χ3v) is 4.06. The van der Waals surface area contributed by atoms with Gasteiger partial charge in [-0.15, -0.1) is 0 Å². The van der Waals surface area contributed by atoms with Crippen LogP contribution in [0.5, 0.6) is 0 Å². The summed E-state index contributed by atoms with van der Waals surface area (Å²) in [6.07, 6.45) is 8.31. The first-order valence-corrected chi connectivity index (χ1v) is 13.3. The maximum absolute atomic E-state index is 6.72. The molecular weight excluding hydrogens is 360 g/mol. The molecule has 1 saturated carbocycles. The molecule has 0 aromatic heterocycles. The van der Waals surface area contributed by atoms with E-state index in [1.807, 2.05) is 0 Å². The Kier molecular flexibility index (Phi) is 33.5. The molecular formula is C30H70. The molecule has 0 heterocycles. The van der Waals surface area contributed by atoms with Crippen LogP contribution in [0.15, 0.2) is 0 Å². The van der Waals surface area contributed by atoms with Crippen LogP contribution in [-0.2, 0) is 0 Å². The highest BCUT2D eigenvalue weighted by molar-refractivity contribution is 4.75. The third-order valence-electron chi connectivity index (χ3n) is 4.06. The van der Waals surface area contributed by atoms with Gasteiger partial charge in [-0.05, 0) is 54.3 Å². The van der Waals surface area contributed by atoms with Crippen molar-refractivity contribution in [3.05, 3.63) is 0 Å². The summed E-state index contributed by atoms with van der Waals surface area (Å²) in [5, 5.41) is 0. The Morgan fingerprint density at radius 2 is 0.867 bits per heavy atom. The minimum Gasteiger partial charge on any atom is -0.0654 e. The highest BCUT2D eigenvalue weighted by Gasteiger charge is 2.23. The van der Waals surface area contributed by atoms with Crippen molar-refractivity contribution in [2.24, 2.45) is 41.4 Å². The molecule has 1 aliphatic carbocycles. The van der Waals surface area contributed by atoms with Crippen molar-refractivity contribution >= 4 is 0 Å².